The molecule has 184 valence electrons. The van der Waals surface area contributed by atoms with Gasteiger partial charge in [-0.05, 0) is 62.3 Å². The van der Waals surface area contributed by atoms with Crippen molar-refractivity contribution in [2.75, 3.05) is 43.1 Å². The number of amides is 2. The second kappa shape index (κ2) is 13.6. The molecule has 0 bridgehead atoms. The number of nitrogens with one attached hydrogen (secondary N) is 2. The third kappa shape index (κ3) is 7.90. The molecule has 2 amide bonds. The molecule has 2 N–H and O–H groups in total. The molecular formula is C26H33Cl2N3O3. The summed E-state index contributed by atoms with van der Waals surface area (Å²) in [5, 5.41) is 5.64. The van der Waals surface area contributed by atoms with Crippen LogP contribution in [0.5, 0.6) is 0 Å². The third-order valence-corrected chi connectivity index (χ3v) is 6.38. The lowest BCUT2D eigenvalue weighted by molar-refractivity contribution is -0.114. The second-order valence-corrected chi connectivity index (χ2v) is 9.54. The first-order valence-electron chi connectivity index (χ1n) is 11.9. The minimum Gasteiger partial charge on any atom is -0.382 e. The van der Waals surface area contributed by atoms with Crippen LogP contribution in [-0.2, 0) is 16.0 Å². The lowest BCUT2D eigenvalue weighted by Gasteiger charge is -2.35. The fraction of sp³-hybridized carbons (Fsp3) is 0.462. The van der Waals surface area contributed by atoms with Crippen molar-refractivity contribution >= 4 is 46.4 Å². The molecule has 1 saturated heterocycles. The summed E-state index contributed by atoms with van der Waals surface area (Å²) in [7, 11) is 0. The number of hydrogen-bond acceptors (Lipinski definition) is 4. The van der Waals surface area contributed by atoms with E-state index in [9.17, 15) is 9.59 Å². The molecule has 0 aromatic heterocycles. The third-order valence-electron chi connectivity index (χ3n) is 5.98. The molecule has 0 atom stereocenters. The van der Waals surface area contributed by atoms with Gasteiger partial charge in [-0.2, -0.15) is 0 Å². The van der Waals surface area contributed by atoms with Crippen molar-refractivity contribution in [3.8, 4) is 0 Å². The van der Waals surface area contributed by atoms with Crippen LogP contribution in [0.15, 0.2) is 48.5 Å². The zero-order valence-electron chi connectivity index (χ0n) is 19.6. The number of ether oxygens (including phenoxy) is 1. The van der Waals surface area contributed by atoms with Gasteiger partial charge < -0.3 is 20.3 Å². The Kier molecular flexibility index (Phi) is 10.5. The Morgan fingerprint density at radius 3 is 2.53 bits per heavy atom. The SMILES string of the molecule is CCOCCCNC(=O)c1cc(NC(=O)C(Cl)Cl)ccc1N1CCC(Cc2ccccc2)CC1. The average Bonchev–Trinajstić information content (AvgIpc) is 2.85. The fourth-order valence-corrected chi connectivity index (χ4v) is 4.32. The van der Waals surface area contributed by atoms with Crippen LogP contribution in [0.4, 0.5) is 11.4 Å². The monoisotopic (exact) mass is 505 g/mol. The van der Waals surface area contributed by atoms with Gasteiger partial charge >= 0.3 is 0 Å². The highest BCUT2D eigenvalue weighted by Gasteiger charge is 2.24. The van der Waals surface area contributed by atoms with E-state index in [1.54, 1.807) is 12.1 Å². The number of benzene rings is 2. The summed E-state index contributed by atoms with van der Waals surface area (Å²) in [5.41, 5.74) is 3.24. The number of piperidine rings is 1. The molecule has 2 aromatic carbocycles. The van der Waals surface area contributed by atoms with Crippen molar-refractivity contribution in [2.24, 2.45) is 5.92 Å². The Labute approximate surface area is 211 Å². The molecule has 1 fully saturated rings. The molecule has 0 spiro atoms. The number of anilines is 2. The summed E-state index contributed by atoms with van der Waals surface area (Å²) in [6, 6.07) is 15.9. The molecule has 0 unspecified atom stereocenters. The van der Waals surface area contributed by atoms with E-state index >= 15 is 0 Å². The van der Waals surface area contributed by atoms with Crippen molar-refractivity contribution in [2.45, 2.75) is 37.4 Å². The fourth-order valence-electron chi connectivity index (χ4n) is 4.21. The molecule has 0 radical (unpaired) electrons. The normalized spacial score (nSPS) is 14.3. The number of nitrogens with zero attached hydrogens (tertiary/aromatic N) is 1. The minimum atomic E-state index is -1.18. The topological polar surface area (TPSA) is 70.7 Å². The average molecular weight is 506 g/mol. The standard InChI is InChI=1S/C26H33Cl2N3O3/c1-2-34-16-6-13-29-25(32)22-18-21(30-26(33)24(27)28)9-10-23(22)31-14-11-20(12-15-31)17-19-7-4-3-5-8-19/h3-5,7-10,18,20,24H,2,6,11-17H2,1H3,(H,29,32)(H,30,33). The molecule has 0 aliphatic carbocycles. The molecule has 0 saturated carbocycles. The maximum atomic E-state index is 13.1. The van der Waals surface area contributed by atoms with E-state index in [-0.39, 0.29) is 5.91 Å². The van der Waals surface area contributed by atoms with Gasteiger partial charge in [-0.1, -0.05) is 53.5 Å². The number of carbonyl (C=O) groups is 2. The van der Waals surface area contributed by atoms with Crippen LogP contribution in [0.3, 0.4) is 0 Å². The van der Waals surface area contributed by atoms with E-state index in [2.05, 4.69) is 39.8 Å². The highest BCUT2D eigenvalue weighted by Crippen LogP contribution is 2.30. The Balaban J connectivity index is 1.69. The summed E-state index contributed by atoms with van der Waals surface area (Å²) in [4.78, 5) is 26.1. The molecule has 34 heavy (non-hydrogen) atoms. The molecule has 2 aromatic rings. The van der Waals surface area contributed by atoms with Gasteiger partial charge in [-0.25, -0.2) is 0 Å². The van der Waals surface area contributed by atoms with E-state index in [0.717, 1.165) is 44.5 Å². The number of carbonyl (C=O) groups excluding carboxylic acids is 2. The molecule has 8 heteroatoms. The van der Waals surface area contributed by atoms with Crippen LogP contribution >= 0.6 is 23.2 Å². The largest absolute Gasteiger partial charge is 0.382 e. The van der Waals surface area contributed by atoms with E-state index in [4.69, 9.17) is 27.9 Å². The first-order chi connectivity index (χ1) is 16.5. The van der Waals surface area contributed by atoms with Crippen molar-refractivity contribution in [1.29, 1.82) is 0 Å². The Bertz CT molecular complexity index is 932. The van der Waals surface area contributed by atoms with Crippen LogP contribution < -0.4 is 15.5 Å². The molecule has 1 aliphatic heterocycles. The lowest BCUT2D eigenvalue weighted by atomic mass is 9.89. The van der Waals surface area contributed by atoms with Gasteiger partial charge in [0, 0.05) is 44.2 Å². The quantitative estimate of drug-likeness (QED) is 0.331. The van der Waals surface area contributed by atoms with Crippen molar-refractivity contribution in [3.63, 3.8) is 0 Å². The van der Waals surface area contributed by atoms with E-state index in [1.165, 1.54) is 5.56 Å². The summed E-state index contributed by atoms with van der Waals surface area (Å²) in [6.07, 6.45) is 3.92. The number of alkyl halides is 2. The maximum Gasteiger partial charge on any atom is 0.257 e. The highest BCUT2D eigenvalue weighted by atomic mass is 35.5. The second-order valence-electron chi connectivity index (χ2n) is 8.45. The summed E-state index contributed by atoms with van der Waals surface area (Å²) < 4.78 is 5.35. The number of hydrogen-bond donors (Lipinski definition) is 2. The van der Waals surface area contributed by atoms with Crippen LogP contribution in [0.2, 0.25) is 0 Å². The molecular weight excluding hydrogens is 473 g/mol. The Morgan fingerprint density at radius 1 is 1.12 bits per heavy atom. The Morgan fingerprint density at radius 2 is 1.85 bits per heavy atom. The van der Waals surface area contributed by atoms with Crippen molar-refractivity contribution < 1.29 is 14.3 Å². The van der Waals surface area contributed by atoms with Gasteiger partial charge in [0.15, 0.2) is 4.84 Å². The first-order valence-corrected chi connectivity index (χ1v) is 12.7. The summed E-state index contributed by atoms with van der Waals surface area (Å²) in [5.74, 6) is -0.0828. The lowest BCUT2D eigenvalue weighted by Crippen LogP contribution is -2.36. The van der Waals surface area contributed by atoms with Gasteiger partial charge in [0.05, 0.1) is 5.56 Å². The molecule has 1 aliphatic rings. The van der Waals surface area contributed by atoms with Gasteiger partial charge in [0.2, 0.25) is 0 Å². The maximum absolute atomic E-state index is 13.1. The van der Waals surface area contributed by atoms with Crippen LogP contribution in [0.25, 0.3) is 0 Å². The summed E-state index contributed by atoms with van der Waals surface area (Å²) >= 11 is 11.3. The minimum absolute atomic E-state index is 0.178. The van der Waals surface area contributed by atoms with E-state index in [0.29, 0.717) is 36.9 Å². The van der Waals surface area contributed by atoms with Crippen molar-refractivity contribution in [1.82, 2.24) is 5.32 Å². The predicted molar refractivity (Wildman–Crippen MR) is 139 cm³/mol. The highest BCUT2D eigenvalue weighted by molar-refractivity contribution is 6.54. The summed E-state index contributed by atoms with van der Waals surface area (Å²) in [6.45, 7) is 5.46. The number of rotatable bonds is 11. The van der Waals surface area contributed by atoms with Crippen LogP contribution in [0.1, 0.15) is 42.1 Å². The first kappa shape index (κ1) is 26.3. The van der Waals surface area contributed by atoms with Crippen molar-refractivity contribution in [3.05, 3.63) is 59.7 Å². The number of halogens is 2. The van der Waals surface area contributed by atoms with Crippen LogP contribution in [-0.4, -0.2) is 49.5 Å². The van der Waals surface area contributed by atoms with Crippen LogP contribution in [0, 0.1) is 5.92 Å². The predicted octanol–water partition coefficient (Wildman–Crippen LogP) is 5.04. The molecule has 1 heterocycles. The smallest absolute Gasteiger partial charge is 0.257 e. The Hall–Kier alpha value is -2.28. The van der Waals surface area contributed by atoms with E-state index < -0.39 is 10.7 Å². The molecule has 6 nitrogen and oxygen atoms in total. The molecule has 3 rings (SSSR count). The zero-order valence-corrected chi connectivity index (χ0v) is 21.1. The van der Waals surface area contributed by atoms with Gasteiger partial charge in [-0.3, -0.25) is 9.59 Å². The van der Waals surface area contributed by atoms with Gasteiger partial charge in [0.25, 0.3) is 11.8 Å². The van der Waals surface area contributed by atoms with E-state index in [1.807, 2.05) is 19.1 Å². The van der Waals surface area contributed by atoms with Gasteiger partial charge in [0.1, 0.15) is 0 Å². The zero-order chi connectivity index (χ0) is 24.3. The van der Waals surface area contributed by atoms with Gasteiger partial charge in [-0.15, -0.1) is 0 Å².